The van der Waals surface area contributed by atoms with E-state index in [2.05, 4.69) is 5.32 Å². The van der Waals surface area contributed by atoms with Crippen molar-refractivity contribution in [3.63, 3.8) is 0 Å². The van der Waals surface area contributed by atoms with E-state index in [9.17, 15) is 14.7 Å². The Morgan fingerprint density at radius 1 is 1.18 bits per heavy atom. The molecular weight excluding hydrogens is 282 g/mol. The molecule has 0 unspecified atom stereocenters. The van der Waals surface area contributed by atoms with Crippen molar-refractivity contribution in [3.8, 4) is 0 Å². The van der Waals surface area contributed by atoms with Gasteiger partial charge in [-0.05, 0) is 46.7 Å². The molecule has 0 saturated carbocycles. The molecule has 122 valence electrons. The van der Waals surface area contributed by atoms with Crippen LogP contribution in [0.5, 0.6) is 0 Å². The minimum Gasteiger partial charge on any atom is -0.457 e. The van der Waals surface area contributed by atoms with Gasteiger partial charge in [-0.2, -0.15) is 0 Å². The Kier molecular flexibility index (Phi) is 5.85. The van der Waals surface area contributed by atoms with E-state index in [4.69, 9.17) is 4.74 Å². The third-order valence-electron chi connectivity index (χ3n) is 3.22. The Balaban J connectivity index is 2.87. The van der Waals surface area contributed by atoms with E-state index < -0.39 is 29.0 Å². The van der Waals surface area contributed by atoms with E-state index in [1.54, 1.807) is 27.8 Å². The van der Waals surface area contributed by atoms with Crippen LogP contribution < -0.4 is 5.32 Å². The highest BCUT2D eigenvalue weighted by Crippen LogP contribution is 2.18. The molecule has 2 N–H and O–H groups in total. The summed E-state index contributed by atoms with van der Waals surface area (Å²) in [4.78, 5) is 24.6. The van der Waals surface area contributed by atoms with E-state index >= 15 is 0 Å². The van der Waals surface area contributed by atoms with Gasteiger partial charge in [-0.3, -0.25) is 4.79 Å². The van der Waals surface area contributed by atoms with Crippen molar-refractivity contribution in [2.24, 2.45) is 0 Å². The van der Waals surface area contributed by atoms with Crippen LogP contribution in [0, 0.1) is 0 Å². The van der Waals surface area contributed by atoms with E-state index in [1.165, 1.54) is 6.92 Å². The van der Waals surface area contributed by atoms with Crippen molar-refractivity contribution < 1.29 is 19.4 Å². The second kappa shape index (κ2) is 7.03. The van der Waals surface area contributed by atoms with Crippen molar-refractivity contribution in [2.45, 2.75) is 51.4 Å². The Hall–Kier alpha value is -1.72. The lowest BCUT2D eigenvalue weighted by Crippen LogP contribution is -2.55. The van der Waals surface area contributed by atoms with Gasteiger partial charge in [0.15, 0.2) is 5.78 Å². The molecule has 0 spiro atoms. The third kappa shape index (κ3) is 4.93. The molecule has 1 aromatic rings. The molecule has 0 aliphatic carbocycles. The standard InChI is InChI=1S/C17H25NO4/c1-16(2,3)22-15(20)17(4,21)14(19)13(18-5)11-12-9-7-6-8-10-12/h6-10,13,18,21H,11H2,1-5H3/t13-,17-/m0/s1. The summed E-state index contributed by atoms with van der Waals surface area (Å²) in [7, 11) is 1.62. The molecule has 5 nitrogen and oxygen atoms in total. The van der Waals surface area contributed by atoms with Gasteiger partial charge in [0, 0.05) is 0 Å². The first-order chi connectivity index (χ1) is 10.1. The topological polar surface area (TPSA) is 75.6 Å². The number of nitrogens with one attached hydrogen (secondary N) is 1. The summed E-state index contributed by atoms with van der Waals surface area (Å²) < 4.78 is 5.13. The van der Waals surface area contributed by atoms with Crippen LogP contribution >= 0.6 is 0 Å². The van der Waals surface area contributed by atoms with E-state index in [1.807, 2.05) is 30.3 Å². The number of ketones is 1. The molecule has 0 aliphatic rings. The number of likely N-dealkylation sites (N-methyl/N-ethyl adjacent to an activating group) is 1. The van der Waals surface area contributed by atoms with Crippen LogP contribution in [0.4, 0.5) is 0 Å². The highest BCUT2D eigenvalue weighted by atomic mass is 16.6. The van der Waals surface area contributed by atoms with Crippen LogP contribution in [0.3, 0.4) is 0 Å². The molecule has 0 aromatic heterocycles. The number of benzene rings is 1. The van der Waals surface area contributed by atoms with Crippen LogP contribution in [0.1, 0.15) is 33.3 Å². The smallest absolute Gasteiger partial charge is 0.346 e. The molecular formula is C17H25NO4. The Morgan fingerprint density at radius 3 is 2.18 bits per heavy atom. The molecule has 0 fully saturated rings. The first-order valence-electron chi connectivity index (χ1n) is 7.29. The van der Waals surface area contributed by atoms with Gasteiger partial charge in [0.2, 0.25) is 5.60 Å². The summed E-state index contributed by atoms with van der Waals surface area (Å²) in [5.74, 6) is -1.54. The average molecular weight is 307 g/mol. The minimum absolute atomic E-state index is 0.384. The highest BCUT2D eigenvalue weighted by Gasteiger charge is 2.44. The molecule has 0 bridgehead atoms. The first kappa shape index (κ1) is 18.3. The fourth-order valence-corrected chi connectivity index (χ4v) is 1.99. The number of carbonyl (C=O) groups excluding carboxylic acids is 2. The van der Waals surface area contributed by atoms with E-state index in [-0.39, 0.29) is 0 Å². The Labute approximate surface area is 131 Å². The van der Waals surface area contributed by atoms with Crippen molar-refractivity contribution in [1.29, 1.82) is 0 Å². The summed E-state index contributed by atoms with van der Waals surface area (Å²) in [6.45, 7) is 6.24. The van der Waals surface area contributed by atoms with Crippen molar-refractivity contribution >= 4 is 11.8 Å². The van der Waals surface area contributed by atoms with Crippen molar-refractivity contribution in [2.75, 3.05) is 7.05 Å². The van der Waals surface area contributed by atoms with Gasteiger partial charge in [-0.1, -0.05) is 30.3 Å². The van der Waals surface area contributed by atoms with Gasteiger partial charge in [-0.25, -0.2) is 4.79 Å². The maximum Gasteiger partial charge on any atom is 0.346 e. The Bertz CT molecular complexity index is 517. The summed E-state index contributed by atoms with van der Waals surface area (Å²) >= 11 is 0. The molecule has 1 rings (SSSR count). The van der Waals surface area contributed by atoms with Gasteiger partial charge < -0.3 is 15.2 Å². The molecule has 0 heterocycles. The third-order valence-corrected chi connectivity index (χ3v) is 3.22. The van der Waals surface area contributed by atoms with Gasteiger partial charge in [0.25, 0.3) is 0 Å². The number of carbonyl (C=O) groups is 2. The Morgan fingerprint density at radius 2 is 1.73 bits per heavy atom. The van der Waals surface area contributed by atoms with E-state index in [0.29, 0.717) is 6.42 Å². The first-order valence-corrected chi connectivity index (χ1v) is 7.29. The number of esters is 1. The van der Waals surface area contributed by atoms with Crippen LogP contribution in [0.25, 0.3) is 0 Å². The van der Waals surface area contributed by atoms with Crippen molar-refractivity contribution in [3.05, 3.63) is 35.9 Å². The molecule has 5 heteroatoms. The monoisotopic (exact) mass is 307 g/mol. The lowest BCUT2D eigenvalue weighted by Gasteiger charge is -2.29. The lowest BCUT2D eigenvalue weighted by atomic mass is 9.91. The predicted molar refractivity (Wildman–Crippen MR) is 84.5 cm³/mol. The zero-order chi connectivity index (χ0) is 17.0. The summed E-state index contributed by atoms with van der Waals surface area (Å²) in [6.07, 6.45) is 0.384. The second-order valence-electron chi connectivity index (χ2n) is 6.47. The maximum absolute atomic E-state index is 12.5. The van der Waals surface area contributed by atoms with Crippen LogP contribution in [0.2, 0.25) is 0 Å². The summed E-state index contributed by atoms with van der Waals surface area (Å²) in [5.41, 5.74) is -2.01. The minimum atomic E-state index is -2.18. The molecule has 2 atom stereocenters. The SMILES string of the molecule is CN[C@@H](Cc1ccccc1)C(=O)[C@](C)(O)C(=O)OC(C)(C)C. The number of hydrogen-bond donors (Lipinski definition) is 2. The van der Waals surface area contributed by atoms with Crippen LogP contribution in [0.15, 0.2) is 30.3 Å². The normalized spacial score (nSPS) is 15.7. The average Bonchev–Trinajstić information content (AvgIpc) is 2.43. The highest BCUT2D eigenvalue weighted by molar-refractivity contribution is 6.09. The largest absolute Gasteiger partial charge is 0.457 e. The molecule has 0 saturated heterocycles. The van der Waals surface area contributed by atoms with Gasteiger partial charge in [0.1, 0.15) is 5.60 Å². The fraction of sp³-hybridized carbons (Fsp3) is 0.529. The molecule has 22 heavy (non-hydrogen) atoms. The number of rotatable bonds is 6. The summed E-state index contributed by atoms with van der Waals surface area (Å²) in [5, 5.41) is 13.2. The van der Waals surface area contributed by atoms with Gasteiger partial charge in [-0.15, -0.1) is 0 Å². The predicted octanol–water partition coefficient (Wildman–Crippen LogP) is 1.48. The van der Waals surface area contributed by atoms with Gasteiger partial charge in [0.05, 0.1) is 6.04 Å². The fourth-order valence-electron chi connectivity index (χ4n) is 1.99. The van der Waals surface area contributed by atoms with Crippen LogP contribution in [-0.2, 0) is 20.7 Å². The number of Topliss-reactive ketones (excluding diaryl/α,β-unsaturated/α-hetero) is 1. The van der Waals surface area contributed by atoms with E-state index in [0.717, 1.165) is 5.56 Å². The van der Waals surface area contributed by atoms with Crippen molar-refractivity contribution in [1.82, 2.24) is 5.32 Å². The molecule has 0 amide bonds. The zero-order valence-electron chi connectivity index (χ0n) is 13.8. The lowest BCUT2D eigenvalue weighted by molar-refractivity contribution is -0.178. The summed E-state index contributed by atoms with van der Waals surface area (Å²) in [6, 6.07) is 8.73. The van der Waals surface area contributed by atoms with Crippen LogP contribution in [-0.4, -0.2) is 41.2 Å². The second-order valence-corrected chi connectivity index (χ2v) is 6.47. The quantitative estimate of drug-likeness (QED) is 0.615. The molecule has 0 aliphatic heterocycles. The van der Waals surface area contributed by atoms with Gasteiger partial charge >= 0.3 is 5.97 Å². The number of hydrogen-bond acceptors (Lipinski definition) is 5. The zero-order valence-corrected chi connectivity index (χ0v) is 13.8. The molecule has 1 aromatic carbocycles. The number of aliphatic hydroxyl groups is 1. The molecule has 0 radical (unpaired) electrons. The maximum atomic E-state index is 12.5. The number of ether oxygens (including phenoxy) is 1.